The molecule has 0 amide bonds. The highest BCUT2D eigenvalue weighted by atomic mass is 19.1. The summed E-state index contributed by atoms with van der Waals surface area (Å²) in [7, 11) is 0. The summed E-state index contributed by atoms with van der Waals surface area (Å²) in [5.41, 5.74) is 6.03. The third-order valence-electron chi connectivity index (χ3n) is 1.81. The summed E-state index contributed by atoms with van der Waals surface area (Å²) >= 11 is 0. The number of nitrogen functional groups attached to an aromatic ring is 1. The van der Waals surface area contributed by atoms with Crippen LogP contribution >= 0.6 is 0 Å². The molecule has 0 saturated carbocycles. The molecule has 0 saturated heterocycles. The second kappa shape index (κ2) is 6.24. The molecule has 1 aromatic rings. The second-order valence-corrected chi connectivity index (χ2v) is 3.14. The number of anilines is 1. The average molecular weight is 213 g/mol. The lowest BCUT2D eigenvalue weighted by molar-refractivity contribution is 0.101. The van der Waals surface area contributed by atoms with Crippen LogP contribution in [0.1, 0.15) is 13.3 Å². The summed E-state index contributed by atoms with van der Waals surface area (Å²) in [6, 6.07) is 4.06. The lowest BCUT2D eigenvalue weighted by Gasteiger charge is -2.08. The molecule has 0 heterocycles. The zero-order valence-corrected chi connectivity index (χ0v) is 8.83. The van der Waals surface area contributed by atoms with Crippen molar-refractivity contribution in [2.75, 3.05) is 25.6 Å². The first-order valence-electron chi connectivity index (χ1n) is 4.99. The molecule has 1 aromatic carbocycles. The predicted octanol–water partition coefficient (Wildman–Crippen LogP) is 2.21. The summed E-state index contributed by atoms with van der Waals surface area (Å²) in [6.45, 7) is 3.62. The van der Waals surface area contributed by atoms with E-state index in [1.54, 1.807) is 0 Å². The predicted molar refractivity (Wildman–Crippen MR) is 57.4 cm³/mol. The fourth-order valence-electron chi connectivity index (χ4n) is 1.09. The molecule has 0 aliphatic carbocycles. The van der Waals surface area contributed by atoms with Gasteiger partial charge in [0, 0.05) is 12.7 Å². The van der Waals surface area contributed by atoms with E-state index in [9.17, 15) is 4.39 Å². The third kappa shape index (κ3) is 4.16. The standard InChI is InChI=1S/C11H16FNO2/c1-2-5-14-6-7-15-11-8-9(12)3-4-10(11)13/h3-4,8H,2,5-7,13H2,1H3. The van der Waals surface area contributed by atoms with E-state index < -0.39 is 0 Å². The molecule has 4 heteroatoms. The van der Waals surface area contributed by atoms with Crippen LogP contribution in [-0.2, 0) is 4.74 Å². The molecular weight excluding hydrogens is 197 g/mol. The van der Waals surface area contributed by atoms with Crippen molar-refractivity contribution in [3.8, 4) is 5.75 Å². The Kier molecular flexibility index (Phi) is 4.90. The summed E-state index contributed by atoms with van der Waals surface area (Å²) < 4.78 is 23.3. The van der Waals surface area contributed by atoms with Gasteiger partial charge < -0.3 is 15.2 Å². The maximum absolute atomic E-state index is 12.8. The van der Waals surface area contributed by atoms with Crippen LogP contribution < -0.4 is 10.5 Å². The Labute approximate surface area is 89.0 Å². The van der Waals surface area contributed by atoms with Gasteiger partial charge in [0.05, 0.1) is 12.3 Å². The highest BCUT2D eigenvalue weighted by molar-refractivity contribution is 5.52. The maximum Gasteiger partial charge on any atom is 0.145 e. The second-order valence-electron chi connectivity index (χ2n) is 3.14. The topological polar surface area (TPSA) is 44.5 Å². The van der Waals surface area contributed by atoms with E-state index in [0.29, 0.717) is 31.3 Å². The summed E-state index contributed by atoms with van der Waals surface area (Å²) in [6.07, 6.45) is 0.974. The average Bonchev–Trinajstić information content (AvgIpc) is 2.23. The van der Waals surface area contributed by atoms with E-state index in [0.717, 1.165) is 6.42 Å². The van der Waals surface area contributed by atoms with Crippen molar-refractivity contribution in [3.63, 3.8) is 0 Å². The molecule has 0 unspecified atom stereocenters. The fourth-order valence-corrected chi connectivity index (χ4v) is 1.09. The minimum atomic E-state index is -0.353. The van der Waals surface area contributed by atoms with Gasteiger partial charge in [-0.2, -0.15) is 0 Å². The number of ether oxygens (including phenoxy) is 2. The van der Waals surface area contributed by atoms with Crippen LogP contribution in [0.25, 0.3) is 0 Å². The largest absolute Gasteiger partial charge is 0.489 e. The summed E-state index contributed by atoms with van der Waals surface area (Å²) in [5, 5.41) is 0. The number of hydrogen-bond donors (Lipinski definition) is 1. The van der Waals surface area contributed by atoms with E-state index in [2.05, 4.69) is 0 Å². The van der Waals surface area contributed by atoms with E-state index >= 15 is 0 Å². The Morgan fingerprint density at radius 1 is 1.27 bits per heavy atom. The Morgan fingerprint density at radius 3 is 2.80 bits per heavy atom. The molecule has 0 atom stereocenters. The molecule has 3 nitrogen and oxygen atoms in total. The molecule has 0 aliphatic rings. The lowest BCUT2D eigenvalue weighted by Crippen LogP contribution is -2.08. The quantitative estimate of drug-likeness (QED) is 0.582. The van der Waals surface area contributed by atoms with Crippen molar-refractivity contribution in [1.29, 1.82) is 0 Å². The summed E-state index contributed by atoms with van der Waals surface area (Å²) in [5.74, 6) is 0.0174. The lowest BCUT2D eigenvalue weighted by atomic mass is 10.3. The van der Waals surface area contributed by atoms with Crippen LogP contribution in [0.3, 0.4) is 0 Å². The molecule has 0 fully saturated rings. The van der Waals surface area contributed by atoms with Gasteiger partial charge in [-0.15, -0.1) is 0 Å². The molecule has 2 N–H and O–H groups in total. The maximum atomic E-state index is 12.8. The minimum absolute atomic E-state index is 0.353. The van der Waals surface area contributed by atoms with Gasteiger partial charge in [0.2, 0.25) is 0 Å². The molecule has 1 rings (SSSR count). The van der Waals surface area contributed by atoms with Crippen molar-refractivity contribution >= 4 is 5.69 Å². The van der Waals surface area contributed by atoms with Gasteiger partial charge in [0.1, 0.15) is 18.2 Å². The van der Waals surface area contributed by atoms with Gasteiger partial charge in [0.25, 0.3) is 0 Å². The summed E-state index contributed by atoms with van der Waals surface area (Å²) in [4.78, 5) is 0. The Bertz CT molecular complexity index is 305. The van der Waals surface area contributed by atoms with Gasteiger partial charge in [-0.3, -0.25) is 0 Å². The van der Waals surface area contributed by atoms with Gasteiger partial charge >= 0.3 is 0 Å². The smallest absolute Gasteiger partial charge is 0.145 e. The van der Waals surface area contributed by atoms with E-state index in [1.807, 2.05) is 6.92 Å². The number of benzene rings is 1. The van der Waals surface area contributed by atoms with Crippen molar-refractivity contribution < 1.29 is 13.9 Å². The molecule has 15 heavy (non-hydrogen) atoms. The zero-order valence-electron chi connectivity index (χ0n) is 8.83. The van der Waals surface area contributed by atoms with Crippen LogP contribution in [0.15, 0.2) is 18.2 Å². The van der Waals surface area contributed by atoms with Crippen LogP contribution in [0, 0.1) is 5.82 Å². The molecule has 84 valence electrons. The minimum Gasteiger partial charge on any atom is -0.489 e. The fraction of sp³-hybridized carbons (Fsp3) is 0.455. The Balaban J connectivity index is 2.33. The van der Waals surface area contributed by atoms with E-state index in [-0.39, 0.29) is 5.82 Å². The zero-order chi connectivity index (χ0) is 11.1. The highest BCUT2D eigenvalue weighted by Gasteiger charge is 2.01. The SMILES string of the molecule is CCCOCCOc1cc(F)ccc1N. The molecule has 0 spiro atoms. The van der Waals surface area contributed by atoms with Crippen LogP contribution in [0.4, 0.5) is 10.1 Å². The van der Waals surface area contributed by atoms with Crippen LogP contribution in [0.5, 0.6) is 5.75 Å². The number of halogens is 1. The number of nitrogens with two attached hydrogens (primary N) is 1. The van der Waals surface area contributed by atoms with Gasteiger partial charge in [0.15, 0.2) is 0 Å². The molecule has 0 radical (unpaired) electrons. The van der Waals surface area contributed by atoms with Crippen molar-refractivity contribution in [1.82, 2.24) is 0 Å². The van der Waals surface area contributed by atoms with Crippen molar-refractivity contribution in [2.24, 2.45) is 0 Å². The molecule has 0 aromatic heterocycles. The number of rotatable bonds is 6. The van der Waals surface area contributed by atoms with Gasteiger partial charge in [-0.05, 0) is 18.6 Å². The van der Waals surface area contributed by atoms with Crippen molar-refractivity contribution in [2.45, 2.75) is 13.3 Å². The first-order valence-corrected chi connectivity index (χ1v) is 4.99. The van der Waals surface area contributed by atoms with Gasteiger partial charge in [-0.25, -0.2) is 4.39 Å². The highest BCUT2D eigenvalue weighted by Crippen LogP contribution is 2.21. The first-order chi connectivity index (χ1) is 7.24. The van der Waals surface area contributed by atoms with E-state index in [4.69, 9.17) is 15.2 Å². The first kappa shape index (κ1) is 11.8. The molecular formula is C11H16FNO2. The third-order valence-corrected chi connectivity index (χ3v) is 1.81. The van der Waals surface area contributed by atoms with Crippen molar-refractivity contribution in [3.05, 3.63) is 24.0 Å². The monoisotopic (exact) mass is 213 g/mol. The number of hydrogen-bond acceptors (Lipinski definition) is 3. The Hall–Kier alpha value is -1.29. The van der Waals surface area contributed by atoms with Crippen LogP contribution in [-0.4, -0.2) is 19.8 Å². The molecule has 0 bridgehead atoms. The van der Waals surface area contributed by atoms with E-state index in [1.165, 1.54) is 18.2 Å². The normalized spacial score (nSPS) is 10.3. The Morgan fingerprint density at radius 2 is 2.07 bits per heavy atom. The van der Waals surface area contributed by atoms with Gasteiger partial charge in [-0.1, -0.05) is 6.92 Å². The van der Waals surface area contributed by atoms with Crippen LogP contribution in [0.2, 0.25) is 0 Å². The molecule has 0 aliphatic heterocycles.